The number of benzene rings is 2. The monoisotopic (exact) mass is 286 g/mol. The second-order valence-electron chi connectivity index (χ2n) is 4.43. The van der Waals surface area contributed by atoms with Crippen LogP contribution in [0, 0.1) is 11.3 Å². The van der Waals surface area contributed by atoms with E-state index in [-0.39, 0.29) is 4.90 Å². The topological polar surface area (TPSA) is 70.0 Å². The van der Waals surface area contributed by atoms with E-state index in [1.807, 2.05) is 6.07 Å². The van der Waals surface area contributed by atoms with Crippen LogP contribution in [0.3, 0.4) is 0 Å². The second-order valence-corrected chi connectivity index (χ2v) is 6.42. The van der Waals surface area contributed by atoms with E-state index in [0.717, 1.165) is 5.56 Å². The first-order valence-electron chi connectivity index (χ1n) is 6.03. The molecule has 0 aliphatic carbocycles. The number of nitrogens with zero attached hydrogens (tertiary/aromatic N) is 1. The normalized spacial score (nSPS) is 10.8. The van der Waals surface area contributed by atoms with E-state index in [0.29, 0.717) is 17.8 Å². The van der Waals surface area contributed by atoms with Crippen LogP contribution >= 0.6 is 0 Å². The number of anilines is 1. The Balaban J connectivity index is 2.22. The zero-order valence-corrected chi connectivity index (χ0v) is 11.8. The van der Waals surface area contributed by atoms with Crippen molar-refractivity contribution >= 4 is 15.5 Å². The quantitative estimate of drug-likeness (QED) is 0.937. The Labute approximate surface area is 118 Å². The third-order valence-electron chi connectivity index (χ3n) is 2.83. The third kappa shape index (κ3) is 3.37. The summed E-state index contributed by atoms with van der Waals surface area (Å²) >= 11 is 0. The number of sulfone groups is 1. The highest BCUT2D eigenvalue weighted by atomic mass is 32.2. The van der Waals surface area contributed by atoms with Crippen LogP contribution in [-0.4, -0.2) is 14.7 Å². The maximum Gasteiger partial charge on any atom is 0.177 e. The van der Waals surface area contributed by atoms with Crippen molar-refractivity contribution in [1.82, 2.24) is 0 Å². The second kappa shape index (κ2) is 5.76. The Kier molecular flexibility index (Phi) is 4.06. The minimum absolute atomic E-state index is 0.274. The summed E-state index contributed by atoms with van der Waals surface area (Å²) in [6.45, 7) is 0.460. The van der Waals surface area contributed by atoms with Crippen LogP contribution in [0.4, 0.5) is 5.69 Å². The minimum Gasteiger partial charge on any atom is -0.380 e. The molecule has 0 heterocycles. The van der Waals surface area contributed by atoms with Crippen molar-refractivity contribution in [3.63, 3.8) is 0 Å². The molecule has 0 aromatic heterocycles. The van der Waals surface area contributed by atoms with Gasteiger partial charge in [-0.25, -0.2) is 8.42 Å². The van der Waals surface area contributed by atoms with E-state index in [4.69, 9.17) is 5.26 Å². The number of nitrogens with one attached hydrogen (secondary N) is 1. The lowest BCUT2D eigenvalue weighted by Crippen LogP contribution is -2.06. The molecule has 2 rings (SSSR count). The molecule has 0 saturated carbocycles. The Morgan fingerprint density at radius 2 is 1.90 bits per heavy atom. The van der Waals surface area contributed by atoms with Gasteiger partial charge in [-0.1, -0.05) is 24.3 Å². The van der Waals surface area contributed by atoms with Crippen LogP contribution in [0.5, 0.6) is 0 Å². The molecule has 4 nitrogen and oxygen atoms in total. The van der Waals surface area contributed by atoms with Gasteiger partial charge in [-0.2, -0.15) is 5.26 Å². The van der Waals surface area contributed by atoms with Crippen LogP contribution in [0.2, 0.25) is 0 Å². The van der Waals surface area contributed by atoms with E-state index in [2.05, 4.69) is 11.4 Å². The Morgan fingerprint density at radius 3 is 2.60 bits per heavy atom. The van der Waals surface area contributed by atoms with Crippen molar-refractivity contribution in [2.24, 2.45) is 0 Å². The van der Waals surface area contributed by atoms with Gasteiger partial charge >= 0.3 is 0 Å². The Morgan fingerprint density at radius 1 is 1.15 bits per heavy atom. The van der Waals surface area contributed by atoms with Gasteiger partial charge in [-0.05, 0) is 29.8 Å². The Hall–Kier alpha value is -2.32. The number of hydrogen-bond donors (Lipinski definition) is 1. The molecule has 0 unspecified atom stereocenters. The molecule has 0 fully saturated rings. The molecule has 0 radical (unpaired) electrons. The molecule has 0 bridgehead atoms. The first kappa shape index (κ1) is 14.1. The number of hydrogen-bond acceptors (Lipinski definition) is 4. The lowest BCUT2D eigenvalue weighted by molar-refractivity contribution is 0.602. The summed E-state index contributed by atoms with van der Waals surface area (Å²) in [6, 6.07) is 16.0. The van der Waals surface area contributed by atoms with Crippen molar-refractivity contribution < 1.29 is 8.42 Å². The van der Waals surface area contributed by atoms with Gasteiger partial charge < -0.3 is 5.32 Å². The van der Waals surface area contributed by atoms with Gasteiger partial charge in [0.05, 0.1) is 22.2 Å². The van der Waals surface area contributed by atoms with Crippen molar-refractivity contribution in [3.05, 3.63) is 59.7 Å². The van der Waals surface area contributed by atoms with Gasteiger partial charge in [0.2, 0.25) is 0 Å². The summed E-state index contributed by atoms with van der Waals surface area (Å²) < 4.78 is 23.4. The number of para-hydroxylation sites is 1. The third-order valence-corrected chi connectivity index (χ3v) is 3.98. The Bertz CT molecular complexity index is 761. The highest BCUT2D eigenvalue weighted by Crippen LogP contribution is 2.21. The number of nitriles is 1. The van der Waals surface area contributed by atoms with Crippen LogP contribution in [0.15, 0.2) is 53.4 Å². The highest BCUT2D eigenvalue weighted by molar-refractivity contribution is 7.90. The van der Waals surface area contributed by atoms with Gasteiger partial charge in [-0.3, -0.25) is 0 Å². The van der Waals surface area contributed by atoms with Crippen molar-refractivity contribution in [1.29, 1.82) is 5.26 Å². The largest absolute Gasteiger partial charge is 0.380 e. The van der Waals surface area contributed by atoms with Crippen LogP contribution in [0.1, 0.15) is 11.1 Å². The summed E-state index contributed by atoms with van der Waals surface area (Å²) in [6.07, 6.45) is 1.18. The molecule has 102 valence electrons. The molecule has 0 saturated heterocycles. The first-order chi connectivity index (χ1) is 9.50. The van der Waals surface area contributed by atoms with Gasteiger partial charge in [0.15, 0.2) is 9.84 Å². The molecule has 2 aromatic rings. The maximum absolute atomic E-state index is 11.7. The van der Waals surface area contributed by atoms with E-state index in [1.165, 1.54) is 6.26 Å². The summed E-state index contributed by atoms with van der Waals surface area (Å²) in [5, 5.41) is 11.9. The van der Waals surface area contributed by atoms with E-state index in [1.54, 1.807) is 42.5 Å². The van der Waals surface area contributed by atoms with E-state index < -0.39 is 9.84 Å². The fourth-order valence-electron chi connectivity index (χ4n) is 1.88. The highest BCUT2D eigenvalue weighted by Gasteiger charge is 2.11. The summed E-state index contributed by atoms with van der Waals surface area (Å²) in [5.74, 6) is 0. The van der Waals surface area contributed by atoms with Gasteiger partial charge in [0.1, 0.15) is 0 Å². The average molecular weight is 286 g/mol. The standard InChI is InChI=1S/C15H14N2O2S/c1-20(18,19)15-8-3-2-7-14(15)17-11-13-6-4-5-12(9-13)10-16/h2-9,17H,11H2,1H3. The van der Waals surface area contributed by atoms with Crippen molar-refractivity contribution in [2.45, 2.75) is 11.4 Å². The number of rotatable bonds is 4. The van der Waals surface area contributed by atoms with E-state index in [9.17, 15) is 8.42 Å². The van der Waals surface area contributed by atoms with Crippen LogP contribution < -0.4 is 5.32 Å². The van der Waals surface area contributed by atoms with Gasteiger partial charge in [0, 0.05) is 12.8 Å². The predicted molar refractivity (Wildman–Crippen MR) is 78.0 cm³/mol. The molecule has 0 spiro atoms. The maximum atomic E-state index is 11.7. The van der Waals surface area contributed by atoms with Gasteiger partial charge in [-0.15, -0.1) is 0 Å². The predicted octanol–water partition coefficient (Wildman–Crippen LogP) is 2.57. The average Bonchev–Trinajstić information content (AvgIpc) is 2.44. The summed E-state index contributed by atoms with van der Waals surface area (Å²) in [4.78, 5) is 0.274. The van der Waals surface area contributed by atoms with Crippen molar-refractivity contribution in [2.75, 3.05) is 11.6 Å². The molecule has 20 heavy (non-hydrogen) atoms. The summed E-state index contributed by atoms with van der Waals surface area (Å²) in [5.41, 5.74) is 2.07. The first-order valence-corrected chi connectivity index (χ1v) is 7.92. The van der Waals surface area contributed by atoms with Crippen molar-refractivity contribution in [3.8, 4) is 6.07 Å². The molecule has 0 atom stereocenters. The lowest BCUT2D eigenvalue weighted by atomic mass is 10.1. The molecule has 5 heteroatoms. The molecule has 0 aliphatic rings. The molecule has 2 aromatic carbocycles. The fourth-order valence-corrected chi connectivity index (χ4v) is 2.75. The minimum atomic E-state index is -3.27. The smallest absolute Gasteiger partial charge is 0.177 e. The van der Waals surface area contributed by atoms with Crippen LogP contribution in [-0.2, 0) is 16.4 Å². The van der Waals surface area contributed by atoms with Crippen LogP contribution in [0.25, 0.3) is 0 Å². The fraction of sp³-hybridized carbons (Fsp3) is 0.133. The van der Waals surface area contributed by atoms with E-state index >= 15 is 0 Å². The molecule has 0 amide bonds. The van der Waals surface area contributed by atoms with Gasteiger partial charge in [0.25, 0.3) is 0 Å². The molecule has 1 N–H and O–H groups in total. The molecule has 0 aliphatic heterocycles. The zero-order valence-electron chi connectivity index (χ0n) is 11.0. The zero-order chi connectivity index (χ0) is 14.6. The lowest BCUT2D eigenvalue weighted by Gasteiger charge is -2.10. The molecular formula is C15H14N2O2S. The summed E-state index contributed by atoms with van der Waals surface area (Å²) in [7, 11) is -3.27. The SMILES string of the molecule is CS(=O)(=O)c1ccccc1NCc1cccc(C#N)c1. The molecular weight excluding hydrogens is 272 g/mol.